The highest BCUT2D eigenvalue weighted by molar-refractivity contribution is 5.26. The lowest BCUT2D eigenvalue weighted by atomic mass is 9.94. The van der Waals surface area contributed by atoms with Crippen molar-refractivity contribution < 1.29 is 27.8 Å². The fourth-order valence-electron chi connectivity index (χ4n) is 3.72. The summed E-state index contributed by atoms with van der Waals surface area (Å²) in [7, 11) is 0. The summed E-state index contributed by atoms with van der Waals surface area (Å²) in [4.78, 5) is 0. The van der Waals surface area contributed by atoms with E-state index >= 15 is 0 Å². The Morgan fingerprint density at radius 3 is 2.50 bits per heavy atom. The summed E-state index contributed by atoms with van der Waals surface area (Å²) < 4.78 is 51.4. The molecule has 5 atom stereocenters. The van der Waals surface area contributed by atoms with Gasteiger partial charge in [0, 0.05) is 11.5 Å². The summed E-state index contributed by atoms with van der Waals surface area (Å²) in [6.45, 7) is 5.91. The Morgan fingerprint density at radius 1 is 1.25 bits per heavy atom. The van der Waals surface area contributed by atoms with Crippen LogP contribution in [0.5, 0.6) is 0 Å². The fraction of sp³-hybridized carbons (Fsp3) is 0.750. The fourth-order valence-corrected chi connectivity index (χ4v) is 3.72. The first kappa shape index (κ1) is 27.1. The van der Waals surface area contributed by atoms with Gasteiger partial charge in [0.2, 0.25) is 0 Å². The van der Waals surface area contributed by atoms with Crippen molar-refractivity contribution in [2.45, 2.75) is 77.5 Å². The third-order valence-corrected chi connectivity index (χ3v) is 5.92. The molecule has 0 unspecified atom stereocenters. The number of halogens is 3. The molecule has 1 aromatic carbocycles. The van der Waals surface area contributed by atoms with E-state index in [9.17, 15) is 18.3 Å². The molecule has 1 aliphatic rings. The third-order valence-electron chi connectivity index (χ3n) is 5.92. The van der Waals surface area contributed by atoms with Gasteiger partial charge in [0.25, 0.3) is 0 Å². The van der Waals surface area contributed by atoms with Crippen LogP contribution in [0.1, 0.15) is 45.2 Å². The number of morpholine rings is 1. The van der Waals surface area contributed by atoms with Crippen LogP contribution in [-0.2, 0) is 22.3 Å². The Kier molecular flexibility index (Phi) is 10.4. The molecule has 0 radical (unpaired) electrons. The van der Waals surface area contributed by atoms with Crippen molar-refractivity contribution in [3.63, 3.8) is 0 Å². The van der Waals surface area contributed by atoms with Gasteiger partial charge in [-0.2, -0.15) is 0 Å². The number of nitrogens with one attached hydrogen (secondary N) is 1. The Bertz CT molecular complexity index is 703. The summed E-state index contributed by atoms with van der Waals surface area (Å²) in [5.41, 5.74) is 6.73. The minimum atomic E-state index is -1.19. The number of ether oxygens (including phenoxy) is 2. The van der Waals surface area contributed by atoms with E-state index in [1.165, 1.54) is 13.0 Å². The predicted octanol–water partition coefficient (Wildman–Crippen LogP) is 3.31. The van der Waals surface area contributed by atoms with E-state index in [2.05, 4.69) is 19.2 Å². The Labute approximate surface area is 189 Å². The van der Waals surface area contributed by atoms with Crippen LogP contribution in [0, 0.1) is 17.2 Å². The van der Waals surface area contributed by atoms with Gasteiger partial charge in [-0.05, 0) is 55.4 Å². The lowest BCUT2D eigenvalue weighted by Crippen LogP contribution is -2.61. The Balaban J connectivity index is 1.90. The second kappa shape index (κ2) is 12.3. The van der Waals surface area contributed by atoms with Crippen LogP contribution in [0.2, 0.25) is 0 Å². The molecule has 4 N–H and O–H groups in total. The topological polar surface area (TPSA) is 76.7 Å². The molecular weight excluding hydrogens is 421 g/mol. The maximum atomic E-state index is 14.1. The second-order valence-corrected chi connectivity index (χ2v) is 9.91. The predicted molar refractivity (Wildman–Crippen MR) is 119 cm³/mol. The van der Waals surface area contributed by atoms with E-state index in [-0.39, 0.29) is 25.1 Å². The molecule has 2 rings (SSSR count). The van der Waals surface area contributed by atoms with Crippen LogP contribution in [0.3, 0.4) is 0 Å². The van der Waals surface area contributed by atoms with Gasteiger partial charge in [-0.25, -0.2) is 4.39 Å². The van der Waals surface area contributed by atoms with E-state index in [1.54, 1.807) is 6.07 Å². The molecule has 0 amide bonds. The maximum Gasteiger partial charge on any atom is 0.172 e. The van der Waals surface area contributed by atoms with Gasteiger partial charge in [-0.15, -0.1) is 0 Å². The van der Waals surface area contributed by atoms with Gasteiger partial charge in [0.1, 0.15) is 5.82 Å². The van der Waals surface area contributed by atoms with Gasteiger partial charge in [0.05, 0.1) is 44.8 Å². The zero-order valence-electron chi connectivity index (χ0n) is 19.6. The average molecular weight is 461 g/mol. The van der Waals surface area contributed by atoms with E-state index in [0.717, 1.165) is 24.0 Å². The number of aliphatic hydroxyl groups is 1. The number of aliphatic hydroxyl groups excluding tert-OH is 1. The van der Waals surface area contributed by atoms with Crippen LogP contribution >= 0.6 is 0 Å². The van der Waals surface area contributed by atoms with Gasteiger partial charge >= 0.3 is 0 Å². The molecule has 5 nitrogen and oxygen atoms in total. The minimum Gasteiger partial charge on any atom is -0.390 e. The molecule has 1 saturated heterocycles. The molecule has 32 heavy (non-hydrogen) atoms. The molecular formula is C24H39F3N2O3. The standard InChI is InChI=1S/C24H39F3N2O3/c1-15(2)5-6-17-7-18(9-19(27)8-17)10-20(28)22(30)21-11-31-23(16(3)29-21)32-14-24(4,12-25)13-26/h7-9,15-16,20-23,29-30H,5-6,10-14,28H2,1-4H3/t16-,20-,21+,22-,23-/m0/s1. The van der Waals surface area contributed by atoms with Crippen molar-refractivity contribution in [2.24, 2.45) is 17.1 Å². The summed E-state index contributed by atoms with van der Waals surface area (Å²) in [6, 6.07) is 3.57. The number of benzene rings is 1. The van der Waals surface area contributed by atoms with Crippen molar-refractivity contribution in [2.75, 3.05) is 26.6 Å². The van der Waals surface area contributed by atoms with Crippen LogP contribution in [0.25, 0.3) is 0 Å². The molecule has 0 spiro atoms. The zero-order chi connectivity index (χ0) is 23.9. The number of rotatable bonds is 12. The number of hydrogen-bond donors (Lipinski definition) is 3. The summed E-state index contributed by atoms with van der Waals surface area (Å²) >= 11 is 0. The molecule has 8 heteroatoms. The Hall–Kier alpha value is -1.19. The highest BCUT2D eigenvalue weighted by atomic mass is 19.1. The lowest BCUT2D eigenvalue weighted by Gasteiger charge is -2.39. The first-order chi connectivity index (χ1) is 15.1. The molecule has 0 bridgehead atoms. The summed E-state index contributed by atoms with van der Waals surface area (Å²) in [5.74, 6) is 0.227. The van der Waals surface area contributed by atoms with E-state index in [0.29, 0.717) is 12.3 Å². The highest BCUT2D eigenvalue weighted by Gasteiger charge is 2.36. The monoisotopic (exact) mass is 460 g/mol. The van der Waals surface area contributed by atoms with E-state index in [4.69, 9.17) is 15.2 Å². The van der Waals surface area contributed by atoms with E-state index < -0.39 is 43.2 Å². The molecule has 1 aromatic rings. The number of alkyl halides is 2. The first-order valence-corrected chi connectivity index (χ1v) is 11.4. The van der Waals surface area contributed by atoms with Crippen LogP contribution < -0.4 is 11.1 Å². The normalized spacial score (nSPS) is 24.0. The molecule has 1 aliphatic heterocycles. The minimum absolute atomic E-state index is 0.109. The number of aryl methyl sites for hydroxylation is 1. The summed E-state index contributed by atoms with van der Waals surface area (Å²) in [5, 5.41) is 14.0. The van der Waals surface area contributed by atoms with Crippen LogP contribution in [-0.4, -0.2) is 62.2 Å². The lowest BCUT2D eigenvalue weighted by molar-refractivity contribution is -0.205. The summed E-state index contributed by atoms with van der Waals surface area (Å²) in [6.07, 6.45) is 0.478. The molecule has 0 aromatic heterocycles. The van der Waals surface area contributed by atoms with Crippen molar-refractivity contribution in [3.05, 3.63) is 35.1 Å². The molecule has 1 heterocycles. The largest absolute Gasteiger partial charge is 0.390 e. The van der Waals surface area contributed by atoms with Gasteiger partial charge < -0.3 is 25.6 Å². The smallest absolute Gasteiger partial charge is 0.172 e. The molecule has 1 fully saturated rings. The van der Waals surface area contributed by atoms with Crippen molar-refractivity contribution in [1.29, 1.82) is 0 Å². The van der Waals surface area contributed by atoms with E-state index in [1.807, 2.05) is 13.0 Å². The van der Waals surface area contributed by atoms with Gasteiger partial charge in [-0.1, -0.05) is 26.8 Å². The van der Waals surface area contributed by atoms with Crippen LogP contribution in [0.4, 0.5) is 13.2 Å². The van der Waals surface area contributed by atoms with Crippen molar-refractivity contribution in [1.82, 2.24) is 5.32 Å². The van der Waals surface area contributed by atoms with Gasteiger partial charge in [-0.3, -0.25) is 8.78 Å². The molecule has 0 aliphatic carbocycles. The highest BCUT2D eigenvalue weighted by Crippen LogP contribution is 2.22. The second-order valence-electron chi connectivity index (χ2n) is 9.91. The van der Waals surface area contributed by atoms with Crippen molar-refractivity contribution >= 4 is 0 Å². The van der Waals surface area contributed by atoms with Crippen LogP contribution in [0.15, 0.2) is 18.2 Å². The zero-order valence-corrected chi connectivity index (χ0v) is 19.6. The SMILES string of the molecule is CC(C)CCc1cc(F)cc(C[C@H](N)[C@H](O)[C@H]2CO[C@@H](OCC(C)(CF)CF)[C@H](C)N2)c1. The number of hydrogen-bond acceptors (Lipinski definition) is 5. The van der Waals surface area contributed by atoms with Gasteiger partial charge in [0.15, 0.2) is 6.29 Å². The first-order valence-electron chi connectivity index (χ1n) is 11.4. The Morgan fingerprint density at radius 2 is 1.91 bits per heavy atom. The molecule has 0 saturated carbocycles. The molecule has 184 valence electrons. The number of nitrogens with two attached hydrogens (primary N) is 1. The average Bonchev–Trinajstić information content (AvgIpc) is 2.75. The van der Waals surface area contributed by atoms with Crippen molar-refractivity contribution in [3.8, 4) is 0 Å². The third kappa shape index (κ3) is 7.99. The maximum absolute atomic E-state index is 14.1. The quantitative estimate of drug-likeness (QED) is 0.446.